The number of amides is 1. The number of nitrogens with one attached hydrogen (secondary N) is 1. The molecule has 0 radical (unpaired) electrons. The monoisotopic (exact) mass is 349 g/mol. The first-order valence-electron chi connectivity index (χ1n) is 8.76. The Hall–Kier alpha value is -2.24. The lowest BCUT2D eigenvalue weighted by Gasteiger charge is -2.21. The summed E-state index contributed by atoms with van der Waals surface area (Å²) in [6.07, 6.45) is 5.24. The Morgan fingerprint density at radius 2 is 1.88 bits per heavy atom. The zero-order valence-electron chi connectivity index (χ0n) is 15.2. The van der Waals surface area contributed by atoms with Crippen LogP contribution in [0.5, 0.6) is 11.5 Å². The molecule has 2 rings (SSSR count). The van der Waals surface area contributed by atoms with Gasteiger partial charge in [-0.05, 0) is 37.8 Å². The van der Waals surface area contributed by atoms with Crippen molar-refractivity contribution < 1.29 is 23.8 Å². The third-order valence-electron chi connectivity index (χ3n) is 4.52. The summed E-state index contributed by atoms with van der Waals surface area (Å²) in [5.74, 6) is 0.777. The van der Waals surface area contributed by atoms with Crippen molar-refractivity contribution in [3.8, 4) is 11.5 Å². The molecule has 6 heteroatoms. The van der Waals surface area contributed by atoms with E-state index in [4.69, 9.17) is 14.2 Å². The van der Waals surface area contributed by atoms with Crippen molar-refractivity contribution >= 4 is 17.6 Å². The molecular weight excluding hydrogens is 322 g/mol. The lowest BCUT2D eigenvalue weighted by atomic mass is 9.87. The Kier molecular flexibility index (Phi) is 7.10. The van der Waals surface area contributed by atoms with E-state index in [1.54, 1.807) is 32.2 Å². The van der Waals surface area contributed by atoms with Crippen LogP contribution in [0.4, 0.5) is 5.69 Å². The Morgan fingerprint density at radius 1 is 1.16 bits per heavy atom. The molecular formula is C19H27NO5. The van der Waals surface area contributed by atoms with Gasteiger partial charge in [-0.1, -0.05) is 19.3 Å². The Bertz CT molecular complexity index is 595. The highest BCUT2D eigenvalue weighted by molar-refractivity contribution is 5.96. The summed E-state index contributed by atoms with van der Waals surface area (Å²) in [5.41, 5.74) is 0.474. The van der Waals surface area contributed by atoms with Crippen LogP contribution in [0.3, 0.4) is 0 Å². The quantitative estimate of drug-likeness (QED) is 0.762. The average Bonchev–Trinajstić information content (AvgIpc) is 2.62. The van der Waals surface area contributed by atoms with E-state index in [0.717, 1.165) is 12.8 Å². The number of benzene rings is 1. The molecule has 1 N–H and O–H groups in total. The molecule has 1 aliphatic rings. The normalized spacial score (nSPS) is 16.0. The standard InChI is InChI=1S/C19H27NO5/c1-13(25-18(21)11-14-7-5-4-6-8-14)19(22)20-16-12-15(23-2)9-10-17(16)24-3/h9-10,12-14H,4-8,11H2,1-3H3,(H,20,22)/t13-/m1/s1. The van der Waals surface area contributed by atoms with Crippen LogP contribution in [0.1, 0.15) is 45.4 Å². The zero-order chi connectivity index (χ0) is 18.2. The second-order valence-corrected chi connectivity index (χ2v) is 6.40. The largest absolute Gasteiger partial charge is 0.497 e. The topological polar surface area (TPSA) is 73.9 Å². The number of carbonyl (C=O) groups is 2. The van der Waals surface area contributed by atoms with Crippen molar-refractivity contribution in [1.29, 1.82) is 0 Å². The third-order valence-corrected chi connectivity index (χ3v) is 4.52. The van der Waals surface area contributed by atoms with Gasteiger partial charge in [-0.15, -0.1) is 0 Å². The van der Waals surface area contributed by atoms with Gasteiger partial charge in [-0.2, -0.15) is 0 Å². The molecule has 0 unspecified atom stereocenters. The van der Waals surface area contributed by atoms with Crippen molar-refractivity contribution in [3.63, 3.8) is 0 Å². The van der Waals surface area contributed by atoms with Crippen LogP contribution < -0.4 is 14.8 Å². The summed E-state index contributed by atoms with van der Waals surface area (Å²) in [6, 6.07) is 5.10. The summed E-state index contributed by atoms with van der Waals surface area (Å²) >= 11 is 0. The van der Waals surface area contributed by atoms with Gasteiger partial charge in [0.05, 0.1) is 19.9 Å². The van der Waals surface area contributed by atoms with Crippen molar-refractivity contribution in [3.05, 3.63) is 18.2 Å². The van der Waals surface area contributed by atoms with Crippen LogP contribution in [-0.2, 0) is 14.3 Å². The smallest absolute Gasteiger partial charge is 0.306 e. The minimum atomic E-state index is -0.869. The molecule has 0 bridgehead atoms. The van der Waals surface area contributed by atoms with Crippen molar-refractivity contribution in [2.45, 2.75) is 51.6 Å². The molecule has 25 heavy (non-hydrogen) atoms. The van der Waals surface area contributed by atoms with Gasteiger partial charge in [0.15, 0.2) is 6.10 Å². The minimum Gasteiger partial charge on any atom is -0.497 e. The lowest BCUT2D eigenvalue weighted by molar-refractivity contribution is -0.154. The number of rotatable bonds is 7. The fourth-order valence-corrected chi connectivity index (χ4v) is 3.07. The second-order valence-electron chi connectivity index (χ2n) is 6.40. The number of anilines is 1. The predicted molar refractivity (Wildman–Crippen MR) is 94.9 cm³/mol. The Balaban J connectivity index is 1.90. The van der Waals surface area contributed by atoms with Gasteiger partial charge in [-0.25, -0.2) is 0 Å². The Morgan fingerprint density at radius 3 is 2.52 bits per heavy atom. The fourth-order valence-electron chi connectivity index (χ4n) is 3.07. The average molecular weight is 349 g/mol. The molecule has 0 heterocycles. The summed E-state index contributed by atoms with van der Waals surface area (Å²) in [4.78, 5) is 24.4. The molecule has 0 spiro atoms. The molecule has 1 aromatic rings. The number of esters is 1. The molecule has 1 fully saturated rings. The highest BCUT2D eigenvalue weighted by Gasteiger charge is 2.23. The molecule has 1 saturated carbocycles. The highest BCUT2D eigenvalue weighted by atomic mass is 16.5. The maximum atomic E-state index is 12.3. The summed E-state index contributed by atoms with van der Waals surface area (Å²) in [6.45, 7) is 1.57. The second kappa shape index (κ2) is 9.30. The van der Waals surface area contributed by atoms with Gasteiger partial charge >= 0.3 is 5.97 Å². The van der Waals surface area contributed by atoms with E-state index in [-0.39, 0.29) is 5.97 Å². The van der Waals surface area contributed by atoms with Gasteiger partial charge in [0.2, 0.25) is 0 Å². The van der Waals surface area contributed by atoms with E-state index in [1.165, 1.54) is 26.4 Å². The van der Waals surface area contributed by atoms with Gasteiger partial charge in [0.1, 0.15) is 11.5 Å². The molecule has 1 atom stereocenters. The number of carbonyl (C=O) groups excluding carboxylic acids is 2. The summed E-state index contributed by atoms with van der Waals surface area (Å²) < 4.78 is 15.7. The van der Waals surface area contributed by atoms with Crippen LogP contribution in [0.2, 0.25) is 0 Å². The molecule has 138 valence electrons. The van der Waals surface area contributed by atoms with Crippen LogP contribution in [0.25, 0.3) is 0 Å². The zero-order valence-corrected chi connectivity index (χ0v) is 15.2. The molecule has 1 aromatic carbocycles. The lowest BCUT2D eigenvalue weighted by Crippen LogP contribution is -2.30. The number of ether oxygens (including phenoxy) is 3. The van der Waals surface area contributed by atoms with E-state index in [2.05, 4.69) is 5.32 Å². The molecule has 0 saturated heterocycles. The highest BCUT2D eigenvalue weighted by Crippen LogP contribution is 2.29. The number of hydrogen-bond acceptors (Lipinski definition) is 5. The maximum Gasteiger partial charge on any atom is 0.306 e. The van der Waals surface area contributed by atoms with Gasteiger partial charge in [0, 0.05) is 12.5 Å². The van der Waals surface area contributed by atoms with E-state index >= 15 is 0 Å². The number of hydrogen-bond donors (Lipinski definition) is 1. The molecule has 1 aliphatic carbocycles. The first kappa shape index (κ1) is 19.1. The number of methoxy groups -OCH3 is 2. The van der Waals surface area contributed by atoms with Gasteiger partial charge in [0.25, 0.3) is 5.91 Å². The summed E-state index contributed by atoms with van der Waals surface area (Å²) in [5, 5.41) is 2.72. The molecule has 0 aliphatic heterocycles. The van der Waals surface area contributed by atoms with Crippen LogP contribution in [0.15, 0.2) is 18.2 Å². The minimum absolute atomic E-state index is 0.313. The predicted octanol–water partition coefficient (Wildman–Crippen LogP) is 3.54. The van der Waals surface area contributed by atoms with Gasteiger partial charge in [-0.3, -0.25) is 9.59 Å². The first-order chi connectivity index (χ1) is 12.0. The third kappa shape index (κ3) is 5.66. The fraction of sp³-hybridized carbons (Fsp3) is 0.579. The molecule has 1 amide bonds. The van der Waals surface area contributed by atoms with Gasteiger partial charge < -0.3 is 19.5 Å². The SMILES string of the molecule is COc1ccc(OC)c(NC(=O)[C@@H](C)OC(=O)CC2CCCCC2)c1. The Labute approximate surface area is 148 Å². The van der Waals surface area contributed by atoms with E-state index in [1.807, 2.05) is 0 Å². The first-order valence-corrected chi connectivity index (χ1v) is 8.76. The van der Waals surface area contributed by atoms with Crippen LogP contribution in [-0.4, -0.2) is 32.2 Å². The molecule has 6 nitrogen and oxygen atoms in total. The summed E-state index contributed by atoms with van der Waals surface area (Å²) in [7, 11) is 3.06. The van der Waals surface area contributed by atoms with E-state index in [9.17, 15) is 9.59 Å². The molecule has 0 aromatic heterocycles. The van der Waals surface area contributed by atoms with Crippen LogP contribution >= 0.6 is 0 Å². The van der Waals surface area contributed by atoms with E-state index in [0.29, 0.717) is 29.5 Å². The van der Waals surface area contributed by atoms with Crippen molar-refractivity contribution in [2.75, 3.05) is 19.5 Å². The van der Waals surface area contributed by atoms with Crippen LogP contribution in [0, 0.1) is 5.92 Å². The van der Waals surface area contributed by atoms with Crippen molar-refractivity contribution in [2.24, 2.45) is 5.92 Å². The van der Waals surface area contributed by atoms with E-state index < -0.39 is 12.0 Å². The van der Waals surface area contributed by atoms with Crippen molar-refractivity contribution in [1.82, 2.24) is 0 Å². The maximum absolute atomic E-state index is 12.3.